The van der Waals surface area contributed by atoms with E-state index in [0.29, 0.717) is 23.2 Å². The van der Waals surface area contributed by atoms with Gasteiger partial charge in [-0.05, 0) is 80.5 Å². The molecule has 0 radical (unpaired) electrons. The summed E-state index contributed by atoms with van der Waals surface area (Å²) in [5.41, 5.74) is 3.94. The molecule has 3 aliphatic rings. The van der Waals surface area contributed by atoms with Crippen LogP contribution in [0.1, 0.15) is 60.6 Å². The molecule has 1 aromatic carbocycles. The molecule has 184 valence electrons. The largest absolute Gasteiger partial charge is 0.381 e. The van der Waals surface area contributed by atoms with Gasteiger partial charge in [-0.15, -0.1) is 0 Å². The third kappa shape index (κ3) is 4.67. The van der Waals surface area contributed by atoms with E-state index in [1.165, 1.54) is 16.2 Å². The minimum atomic E-state index is -1.12. The van der Waals surface area contributed by atoms with E-state index in [9.17, 15) is 13.8 Å². The number of aromatic nitrogens is 1. The molecule has 2 unspecified atom stereocenters. The predicted octanol–water partition coefficient (Wildman–Crippen LogP) is 3.06. The molecule has 0 spiro atoms. The van der Waals surface area contributed by atoms with Crippen molar-refractivity contribution >= 4 is 33.7 Å². The van der Waals surface area contributed by atoms with E-state index in [-0.39, 0.29) is 24.4 Å². The lowest BCUT2D eigenvalue weighted by atomic mass is 9.75. The van der Waals surface area contributed by atoms with Gasteiger partial charge in [0, 0.05) is 48.7 Å². The van der Waals surface area contributed by atoms with E-state index in [1.807, 2.05) is 29.1 Å². The molecule has 5 rings (SSSR count). The van der Waals surface area contributed by atoms with E-state index in [2.05, 4.69) is 5.32 Å². The molecule has 2 aromatic rings. The first kappa shape index (κ1) is 23.5. The number of hydrogen-bond donors (Lipinski definition) is 1. The second kappa shape index (κ2) is 9.82. The smallest absolute Gasteiger partial charge is 0.254 e. The van der Waals surface area contributed by atoms with Crippen molar-refractivity contribution in [2.24, 2.45) is 11.8 Å². The average Bonchev–Trinajstić information content (AvgIpc) is 3.62. The number of nitrogens with zero attached hydrogens (tertiary/aromatic N) is 2. The van der Waals surface area contributed by atoms with Gasteiger partial charge in [0.2, 0.25) is 5.91 Å². The van der Waals surface area contributed by atoms with Crippen molar-refractivity contribution in [2.75, 3.05) is 32.6 Å². The summed E-state index contributed by atoms with van der Waals surface area (Å²) in [5, 5.41) is 3.98. The maximum Gasteiger partial charge on any atom is 0.254 e. The number of carbonyl (C=O) groups excluding carboxylic acids is 2. The Morgan fingerprint density at radius 2 is 1.91 bits per heavy atom. The first-order valence-corrected chi connectivity index (χ1v) is 13.9. The molecule has 1 saturated heterocycles. The minimum Gasteiger partial charge on any atom is -0.381 e. The van der Waals surface area contributed by atoms with Gasteiger partial charge in [0.1, 0.15) is 11.0 Å². The zero-order chi connectivity index (χ0) is 23.8. The number of hydrogen-bond acceptors (Lipinski definition) is 4. The SMILES string of the molecule is CCS(=O)n1c2c(c3cc(C(=O)N(C)CC(=O)NC4CC4)ccc31)CC(C1CCOCC1)CC2. The van der Waals surface area contributed by atoms with Crippen LogP contribution in [0.2, 0.25) is 0 Å². The van der Waals surface area contributed by atoms with Crippen molar-refractivity contribution in [1.29, 1.82) is 0 Å². The molecule has 0 bridgehead atoms. The fraction of sp³-hybridized carbons (Fsp3) is 0.615. The van der Waals surface area contributed by atoms with Gasteiger partial charge in [-0.25, -0.2) is 4.21 Å². The standard InChI is InChI=1S/C26H35N3O4S/c1-3-34(32)29-23-8-4-18(17-10-12-33-13-11-17)14-21(23)22-15-19(5-9-24(22)29)26(31)28(2)16-25(30)27-20-6-7-20/h5,9,15,17-18,20H,3-4,6-8,10-14,16H2,1-2H3,(H,27,30). The van der Waals surface area contributed by atoms with Crippen LogP contribution in [0.25, 0.3) is 10.9 Å². The molecule has 1 N–H and O–H groups in total. The van der Waals surface area contributed by atoms with Crippen molar-refractivity contribution in [3.05, 3.63) is 35.0 Å². The van der Waals surface area contributed by atoms with Gasteiger partial charge in [0.15, 0.2) is 0 Å². The molecule has 2 amide bonds. The molecule has 1 aromatic heterocycles. The molecule has 2 heterocycles. The number of fused-ring (bicyclic) bond motifs is 3. The topological polar surface area (TPSA) is 80.6 Å². The number of amides is 2. The van der Waals surface area contributed by atoms with Crippen molar-refractivity contribution in [3.63, 3.8) is 0 Å². The van der Waals surface area contributed by atoms with Gasteiger partial charge >= 0.3 is 0 Å². The average molecular weight is 486 g/mol. The van der Waals surface area contributed by atoms with Crippen molar-refractivity contribution in [2.45, 2.75) is 57.9 Å². The molecule has 2 atom stereocenters. The molecule has 2 fully saturated rings. The lowest BCUT2D eigenvalue weighted by Crippen LogP contribution is -2.39. The summed E-state index contributed by atoms with van der Waals surface area (Å²) >= 11 is 0. The molecule has 8 heteroatoms. The highest BCUT2D eigenvalue weighted by molar-refractivity contribution is 7.83. The summed E-state index contributed by atoms with van der Waals surface area (Å²) in [6.45, 7) is 3.68. The van der Waals surface area contributed by atoms with E-state index < -0.39 is 11.0 Å². The zero-order valence-corrected chi connectivity index (χ0v) is 21.0. The number of carbonyl (C=O) groups is 2. The summed E-state index contributed by atoms with van der Waals surface area (Å²) in [6.07, 6.45) is 7.25. The van der Waals surface area contributed by atoms with Crippen LogP contribution < -0.4 is 5.32 Å². The highest BCUT2D eigenvalue weighted by Gasteiger charge is 2.32. The molecular weight excluding hydrogens is 450 g/mol. The Kier molecular flexibility index (Phi) is 6.80. The van der Waals surface area contributed by atoms with Gasteiger partial charge in [0.05, 0.1) is 12.1 Å². The van der Waals surface area contributed by atoms with Crippen molar-refractivity contribution < 1.29 is 18.5 Å². The number of likely N-dealkylation sites (N-methyl/N-ethyl adjacent to an activating group) is 1. The monoisotopic (exact) mass is 485 g/mol. The van der Waals surface area contributed by atoms with Crippen LogP contribution in [0.5, 0.6) is 0 Å². The number of nitrogens with one attached hydrogen (secondary N) is 1. The number of benzene rings is 1. The third-order valence-electron chi connectivity index (χ3n) is 7.65. The highest BCUT2D eigenvalue weighted by atomic mass is 32.2. The summed E-state index contributed by atoms with van der Waals surface area (Å²) in [7, 11) is 0.549. The highest BCUT2D eigenvalue weighted by Crippen LogP contribution is 2.40. The summed E-state index contributed by atoms with van der Waals surface area (Å²) in [4.78, 5) is 26.8. The van der Waals surface area contributed by atoms with Gasteiger partial charge in [0.25, 0.3) is 5.91 Å². The van der Waals surface area contributed by atoms with E-state index >= 15 is 0 Å². The molecule has 34 heavy (non-hydrogen) atoms. The maximum absolute atomic E-state index is 13.2. The van der Waals surface area contributed by atoms with E-state index in [4.69, 9.17) is 4.74 Å². The van der Waals surface area contributed by atoms with Crippen LogP contribution in [0.3, 0.4) is 0 Å². The molecular formula is C26H35N3O4S. The second-order valence-electron chi connectivity index (χ2n) is 10.0. The fourth-order valence-corrected chi connectivity index (χ4v) is 6.72. The Balaban J connectivity index is 1.45. The van der Waals surface area contributed by atoms with E-state index in [0.717, 1.165) is 69.1 Å². The number of ether oxygens (including phenoxy) is 1. The van der Waals surface area contributed by atoms with E-state index in [1.54, 1.807) is 7.05 Å². The normalized spacial score (nSPS) is 21.8. The van der Waals surface area contributed by atoms with Crippen LogP contribution in [0, 0.1) is 11.8 Å². The number of rotatable bonds is 7. The third-order valence-corrected chi connectivity index (χ3v) is 8.97. The summed E-state index contributed by atoms with van der Waals surface area (Å²) in [5.74, 6) is 1.54. The van der Waals surface area contributed by atoms with Crippen LogP contribution in [0.15, 0.2) is 18.2 Å². The van der Waals surface area contributed by atoms with Crippen LogP contribution in [-0.2, 0) is 33.4 Å². The Morgan fingerprint density at radius 3 is 2.62 bits per heavy atom. The van der Waals surface area contributed by atoms with Gasteiger partial charge in [-0.2, -0.15) is 0 Å². The van der Waals surface area contributed by atoms with Gasteiger partial charge < -0.3 is 15.0 Å². The van der Waals surface area contributed by atoms with Crippen molar-refractivity contribution in [3.8, 4) is 0 Å². The molecule has 1 saturated carbocycles. The van der Waals surface area contributed by atoms with Crippen molar-refractivity contribution in [1.82, 2.24) is 14.2 Å². The quantitative estimate of drug-likeness (QED) is 0.654. The van der Waals surface area contributed by atoms with Crippen LogP contribution >= 0.6 is 0 Å². The zero-order valence-electron chi connectivity index (χ0n) is 20.2. The van der Waals surface area contributed by atoms with Gasteiger partial charge in [-0.3, -0.25) is 13.6 Å². The first-order valence-electron chi connectivity index (χ1n) is 12.6. The summed E-state index contributed by atoms with van der Waals surface area (Å²) < 4.78 is 20.6. The van der Waals surface area contributed by atoms with Gasteiger partial charge in [-0.1, -0.05) is 6.92 Å². The lowest BCUT2D eigenvalue weighted by molar-refractivity contribution is -0.121. The predicted molar refractivity (Wildman–Crippen MR) is 133 cm³/mol. The Hall–Kier alpha value is -2.19. The molecule has 1 aliphatic heterocycles. The fourth-order valence-electron chi connectivity index (χ4n) is 5.64. The maximum atomic E-state index is 13.2. The molecule has 7 nitrogen and oxygen atoms in total. The Morgan fingerprint density at radius 1 is 1.15 bits per heavy atom. The lowest BCUT2D eigenvalue weighted by Gasteiger charge is -2.33. The van der Waals surface area contributed by atoms with Crippen LogP contribution in [0.4, 0.5) is 0 Å². The Labute approximate surface area is 203 Å². The minimum absolute atomic E-state index is 0.0537. The summed E-state index contributed by atoms with van der Waals surface area (Å²) in [6, 6.07) is 5.99. The Bertz CT molecular complexity index is 1120. The van der Waals surface area contributed by atoms with Crippen LogP contribution in [-0.4, -0.2) is 63.5 Å². The molecule has 2 aliphatic carbocycles. The first-order chi connectivity index (χ1) is 16.5. The second-order valence-corrected chi connectivity index (χ2v) is 11.6.